The van der Waals surface area contributed by atoms with Gasteiger partial charge in [0.25, 0.3) is 0 Å². The molecule has 2 nitrogen and oxygen atoms in total. The van der Waals surface area contributed by atoms with Crippen molar-refractivity contribution >= 4 is 11.9 Å². The number of nitriles is 1. The van der Waals surface area contributed by atoms with E-state index in [1.807, 2.05) is 43.3 Å². The van der Waals surface area contributed by atoms with Crippen molar-refractivity contribution in [2.45, 2.75) is 6.92 Å². The van der Waals surface area contributed by atoms with Gasteiger partial charge in [-0.15, -0.1) is 0 Å². The van der Waals surface area contributed by atoms with E-state index in [0.29, 0.717) is 5.56 Å². The molecule has 0 aromatic heterocycles. The highest BCUT2D eigenvalue weighted by atomic mass is 16.1. The Balaban J connectivity index is 2.36. The first-order chi connectivity index (χ1) is 9.20. The molecule has 92 valence electrons. The van der Waals surface area contributed by atoms with E-state index in [0.717, 1.165) is 11.1 Å². The Morgan fingerprint density at radius 2 is 1.84 bits per heavy atom. The zero-order chi connectivity index (χ0) is 13.7. The molecular formula is C17H13NO. The molecule has 0 N–H and O–H groups in total. The molecule has 0 saturated heterocycles. The van der Waals surface area contributed by atoms with Gasteiger partial charge in [0, 0.05) is 5.56 Å². The topological polar surface area (TPSA) is 40.9 Å². The van der Waals surface area contributed by atoms with Gasteiger partial charge >= 0.3 is 0 Å². The van der Waals surface area contributed by atoms with Crippen LogP contribution in [0.3, 0.4) is 0 Å². The Labute approximate surface area is 112 Å². The van der Waals surface area contributed by atoms with Crippen molar-refractivity contribution in [3.8, 4) is 6.07 Å². The molecule has 0 aliphatic rings. The molecule has 0 amide bonds. The summed E-state index contributed by atoms with van der Waals surface area (Å²) in [7, 11) is 0. The zero-order valence-corrected chi connectivity index (χ0v) is 10.6. The first-order valence-corrected chi connectivity index (χ1v) is 5.99. The average Bonchev–Trinajstić information content (AvgIpc) is 2.45. The van der Waals surface area contributed by atoms with E-state index in [1.165, 1.54) is 0 Å². The van der Waals surface area contributed by atoms with E-state index >= 15 is 0 Å². The number of ketones is 1. The van der Waals surface area contributed by atoms with Gasteiger partial charge < -0.3 is 0 Å². The van der Waals surface area contributed by atoms with Gasteiger partial charge in [0.05, 0.1) is 0 Å². The minimum absolute atomic E-state index is 0.150. The summed E-state index contributed by atoms with van der Waals surface area (Å²) in [5.74, 6) is -0.246. The number of allylic oxidation sites excluding steroid dienone is 1. The third-order valence-electron chi connectivity index (χ3n) is 2.75. The van der Waals surface area contributed by atoms with Gasteiger partial charge in [-0.1, -0.05) is 60.2 Å². The van der Waals surface area contributed by atoms with Crippen molar-refractivity contribution < 1.29 is 4.79 Å². The summed E-state index contributed by atoms with van der Waals surface area (Å²) in [5, 5.41) is 9.15. The minimum atomic E-state index is -0.246. The highest BCUT2D eigenvalue weighted by Crippen LogP contribution is 2.13. The number of rotatable bonds is 3. The van der Waals surface area contributed by atoms with Crippen molar-refractivity contribution in [2.75, 3.05) is 0 Å². The Morgan fingerprint density at radius 1 is 1.11 bits per heavy atom. The van der Waals surface area contributed by atoms with Gasteiger partial charge in [-0.25, -0.2) is 0 Å². The lowest BCUT2D eigenvalue weighted by molar-refractivity contribution is 0.104. The predicted octanol–water partition coefficient (Wildman–Crippen LogP) is 3.78. The van der Waals surface area contributed by atoms with Gasteiger partial charge in [-0.05, 0) is 18.6 Å². The zero-order valence-electron chi connectivity index (χ0n) is 10.6. The maximum atomic E-state index is 12.2. The monoisotopic (exact) mass is 247 g/mol. The number of hydrogen-bond donors (Lipinski definition) is 0. The number of Topliss-reactive ketones (excluding diaryl/α,β-unsaturated/α-hetero) is 1. The highest BCUT2D eigenvalue weighted by Gasteiger charge is 2.11. The van der Waals surface area contributed by atoms with Crippen molar-refractivity contribution in [3.05, 3.63) is 76.9 Å². The summed E-state index contributed by atoms with van der Waals surface area (Å²) in [4.78, 5) is 12.2. The normalized spacial score (nSPS) is 10.8. The molecule has 0 aliphatic heterocycles. The van der Waals surface area contributed by atoms with E-state index in [2.05, 4.69) is 0 Å². The molecule has 0 unspecified atom stereocenters. The maximum absolute atomic E-state index is 12.2. The molecule has 0 bridgehead atoms. The second kappa shape index (κ2) is 5.79. The van der Waals surface area contributed by atoms with Crippen molar-refractivity contribution in [3.63, 3.8) is 0 Å². The van der Waals surface area contributed by atoms with E-state index in [1.54, 1.807) is 30.3 Å². The molecule has 0 saturated carbocycles. The van der Waals surface area contributed by atoms with E-state index in [9.17, 15) is 4.79 Å². The number of nitrogens with zero attached hydrogens (tertiary/aromatic N) is 1. The molecule has 19 heavy (non-hydrogen) atoms. The van der Waals surface area contributed by atoms with Crippen LogP contribution in [-0.2, 0) is 0 Å². The van der Waals surface area contributed by atoms with Crippen LogP contribution in [0.2, 0.25) is 0 Å². The number of benzene rings is 2. The van der Waals surface area contributed by atoms with Crippen LogP contribution in [0.15, 0.2) is 60.2 Å². The second-order valence-corrected chi connectivity index (χ2v) is 4.28. The van der Waals surface area contributed by atoms with Gasteiger partial charge in [-0.3, -0.25) is 4.79 Å². The summed E-state index contributed by atoms with van der Waals surface area (Å²) in [6.45, 7) is 1.97. The molecule has 0 spiro atoms. The van der Waals surface area contributed by atoms with Crippen LogP contribution >= 0.6 is 0 Å². The minimum Gasteiger partial charge on any atom is -0.288 e. The molecule has 0 radical (unpaired) electrons. The Hall–Kier alpha value is -2.66. The summed E-state index contributed by atoms with van der Waals surface area (Å²) in [6.07, 6.45) is 1.63. The van der Waals surface area contributed by atoms with Crippen LogP contribution in [0.4, 0.5) is 0 Å². The lowest BCUT2D eigenvalue weighted by Gasteiger charge is -2.00. The number of carbonyl (C=O) groups is 1. The van der Waals surface area contributed by atoms with Crippen molar-refractivity contribution in [1.82, 2.24) is 0 Å². The second-order valence-electron chi connectivity index (χ2n) is 4.28. The lowest BCUT2D eigenvalue weighted by Crippen LogP contribution is -2.01. The smallest absolute Gasteiger partial charge is 0.203 e. The van der Waals surface area contributed by atoms with E-state index in [-0.39, 0.29) is 11.4 Å². The summed E-state index contributed by atoms with van der Waals surface area (Å²) >= 11 is 0. The average molecular weight is 247 g/mol. The quantitative estimate of drug-likeness (QED) is 0.470. The van der Waals surface area contributed by atoms with Crippen LogP contribution in [0.5, 0.6) is 0 Å². The molecule has 0 aliphatic carbocycles. The molecule has 0 heterocycles. The van der Waals surface area contributed by atoms with Crippen molar-refractivity contribution in [1.29, 1.82) is 5.26 Å². The fourth-order valence-electron chi connectivity index (χ4n) is 1.82. The van der Waals surface area contributed by atoms with Crippen LogP contribution in [0, 0.1) is 18.3 Å². The Morgan fingerprint density at radius 3 is 2.47 bits per heavy atom. The summed E-state index contributed by atoms with van der Waals surface area (Å²) in [6, 6.07) is 18.5. The number of hydrogen-bond acceptors (Lipinski definition) is 2. The maximum Gasteiger partial charge on any atom is 0.203 e. The van der Waals surface area contributed by atoms with Gasteiger partial charge in [0.1, 0.15) is 11.6 Å². The SMILES string of the molecule is Cc1cccc(C=C(C#N)C(=O)c2ccccc2)c1. The number of aryl methyl sites for hydroxylation is 1. The molecule has 0 atom stereocenters. The van der Waals surface area contributed by atoms with Crippen LogP contribution in [0.25, 0.3) is 6.08 Å². The van der Waals surface area contributed by atoms with Gasteiger partial charge in [0.2, 0.25) is 5.78 Å². The fourth-order valence-corrected chi connectivity index (χ4v) is 1.82. The largest absolute Gasteiger partial charge is 0.288 e. The first kappa shape index (κ1) is 12.8. The van der Waals surface area contributed by atoms with Crippen LogP contribution in [0.1, 0.15) is 21.5 Å². The molecule has 2 aromatic rings. The fraction of sp³-hybridized carbons (Fsp3) is 0.0588. The van der Waals surface area contributed by atoms with Crippen LogP contribution < -0.4 is 0 Å². The molecule has 2 aromatic carbocycles. The molecule has 2 rings (SSSR count). The van der Waals surface area contributed by atoms with Crippen LogP contribution in [-0.4, -0.2) is 5.78 Å². The van der Waals surface area contributed by atoms with Gasteiger partial charge in [-0.2, -0.15) is 5.26 Å². The molecule has 2 heteroatoms. The first-order valence-electron chi connectivity index (χ1n) is 5.99. The van der Waals surface area contributed by atoms with E-state index in [4.69, 9.17) is 5.26 Å². The summed E-state index contributed by atoms with van der Waals surface area (Å²) in [5.41, 5.74) is 2.64. The molecular weight excluding hydrogens is 234 g/mol. The molecule has 0 fully saturated rings. The van der Waals surface area contributed by atoms with Gasteiger partial charge in [0.15, 0.2) is 0 Å². The Kier molecular flexibility index (Phi) is 3.90. The lowest BCUT2D eigenvalue weighted by atomic mass is 10.0. The third-order valence-corrected chi connectivity index (χ3v) is 2.75. The summed E-state index contributed by atoms with van der Waals surface area (Å²) < 4.78 is 0. The van der Waals surface area contributed by atoms with Crippen molar-refractivity contribution in [2.24, 2.45) is 0 Å². The van der Waals surface area contributed by atoms with E-state index < -0.39 is 0 Å². The standard InChI is InChI=1S/C17H13NO/c1-13-6-5-7-14(10-13)11-16(12-18)17(19)15-8-3-2-4-9-15/h2-11H,1H3. The number of carbonyl (C=O) groups excluding carboxylic acids is 1. The highest BCUT2D eigenvalue weighted by molar-refractivity contribution is 6.14. The third kappa shape index (κ3) is 3.17. The Bertz CT molecular complexity index is 663. The predicted molar refractivity (Wildman–Crippen MR) is 75.5 cm³/mol.